The van der Waals surface area contributed by atoms with Crippen LogP contribution in [0.5, 0.6) is 0 Å². The smallest absolute Gasteiger partial charge is 0.250 e. The van der Waals surface area contributed by atoms with E-state index in [1.165, 1.54) is 36.1 Å². The Hall–Kier alpha value is -1.87. The van der Waals surface area contributed by atoms with E-state index in [1.807, 2.05) is 6.07 Å². The average molecular weight is 348 g/mol. The van der Waals surface area contributed by atoms with Crippen molar-refractivity contribution < 1.29 is 0 Å². The molecule has 0 amide bonds. The fourth-order valence-corrected chi connectivity index (χ4v) is 5.83. The van der Waals surface area contributed by atoms with Crippen molar-refractivity contribution in [2.24, 2.45) is 5.92 Å². The molecule has 1 aromatic carbocycles. The lowest BCUT2D eigenvalue weighted by Gasteiger charge is -2.48. The summed E-state index contributed by atoms with van der Waals surface area (Å²) in [6.45, 7) is 4.51. The zero-order chi connectivity index (χ0) is 17.7. The van der Waals surface area contributed by atoms with Gasteiger partial charge in [-0.25, -0.2) is 0 Å². The van der Waals surface area contributed by atoms with Gasteiger partial charge in [0, 0.05) is 42.9 Å². The van der Waals surface area contributed by atoms with Gasteiger partial charge >= 0.3 is 0 Å². The van der Waals surface area contributed by atoms with E-state index < -0.39 is 0 Å². The van der Waals surface area contributed by atoms with E-state index in [1.54, 1.807) is 6.07 Å². The maximum atomic E-state index is 12.6. The molecule has 5 rings (SSSR count). The van der Waals surface area contributed by atoms with Gasteiger partial charge in [0.25, 0.3) is 5.56 Å². The topological polar surface area (TPSA) is 25.2 Å². The molecule has 0 N–H and O–H groups in total. The third kappa shape index (κ3) is 2.56. The van der Waals surface area contributed by atoms with Crippen molar-refractivity contribution >= 4 is 0 Å². The van der Waals surface area contributed by atoms with Crippen LogP contribution in [0.3, 0.4) is 0 Å². The molecule has 0 unspecified atom stereocenters. The predicted octanol–water partition coefficient (Wildman–Crippen LogP) is 3.78. The van der Waals surface area contributed by atoms with Gasteiger partial charge in [0.15, 0.2) is 0 Å². The Morgan fingerprint density at radius 1 is 1.00 bits per heavy atom. The summed E-state index contributed by atoms with van der Waals surface area (Å²) >= 11 is 0. The van der Waals surface area contributed by atoms with Crippen molar-refractivity contribution in [2.75, 3.05) is 13.1 Å². The van der Waals surface area contributed by atoms with Crippen LogP contribution in [0, 0.1) is 5.92 Å². The van der Waals surface area contributed by atoms with Crippen LogP contribution in [0.1, 0.15) is 55.0 Å². The van der Waals surface area contributed by atoms with Crippen molar-refractivity contribution in [2.45, 2.75) is 57.0 Å². The van der Waals surface area contributed by atoms with Gasteiger partial charge in [-0.05, 0) is 48.8 Å². The lowest BCUT2D eigenvalue weighted by atomic mass is 9.76. The molecule has 1 fully saturated rings. The number of benzene rings is 1. The number of hydrogen-bond donors (Lipinski definition) is 0. The number of nitrogens with zero attached hydrogens (tertiary/aromatic N) is 2. The number of pyridine rings is 1. The molecule has 2 bridgehead atoms. The van der Waals surface area contributed by atoms with Crippen LogP contribution in [0.2, 0.25) is 0 Å². The maximum Gasteiger partial charge on any atom is 0.250 e. The molecular formula is C23H28N2O. The number of piperidine rings is 1. The summed E-state index contributed by atoms with van der Waals surface area (Å²) in [6, 6.07) is 15.9. The Kier molecular flexibility index (Phi) is 4.00. The molecule has 3 nitrogen and oxygen atoms in total. The van der Waals surface area contributed by atoms with Crippen LogP contribution in [0.25, 0.3) is 0 Å². The van der Waals surface area contributed by atoms with Gasteiger partial charge in [0.1, 0.15) is 0 Å². The van der Waals surface area contributed by atoms with Gasteiger partial charge in [-0.1, -0.05) is 43.7 Å². The van der Waals surface area contributed by atoms with Gasteiger partial charge in [-0.3, -0.25) is 9.69 Å². The molecule has 2 aliphatic heterocycles. The lowest BCUT2D eigenvalue weighted by Crippen LogP contribution is -2.52. The largest absolute Gasteiger partial charge is 0.309 e. The third-order valence-corrected chi connectivity index (χ3v) is 6.96. The lowest BCUT2D eigenvalue weighted by molar-refractivity contribution is 0.0590. The van der Waals surface area contributed by atoms with Crippen molar-refractivity contribution in [3.8, 4) is 0 Å². The number of rotatable bonds is 3. The Bertz CT molecular complexity index is 846. The SMILES string of the molecule is CCC[C@H]1[C@H]2C[C@H](CN(C3Cc4ccccc4C3)C2)c2cccc(=O)n21. The predicted molar refractivity (Wildman–Crippen MR) is 105 cm³/mol. The van der Waals surface area contributed by atoms with Crippen LogP contribution in [-0.4, -0.2) is 28.6 Å². The van der Waals surface area contributed by atoms with Crippen LogP contribution in [-0.2, 0) is 12.8 Å². The summed E-state index contributed by atoms with van der Waals surface area (Å²) in [7, 11) is 0. The third-order valence-electron chi connectivity index (χ3n) is 6.96. The van der Waals surface area contributed by atoms with E-state index in [2.05, 4.69) is 46.7 Å². The van der Waals surface area contributed by atoms with Gasteiger partial charge < -0.3 is 4.57 Å². The van der Waals surface area contributed by atoms with E-state index >= 15 is 0 Å². The highest BCUT2D eigenvalue weighted by atomic mass is 16.1. The molecule has 1 saturated heterocycles. The standard InChI is InChI=1S/C23H28N2O/c1-2-6-21-18-11-19(22-9-5-10-23(26)25(21)22)15-24(14-18)20-12-16-7-3-4-8-17(16)13-20/h3-5,7-10,18-21H,2,6,11-15H2,1H3/t18-,19+,21-/m0/s1. The fourth-order valence-electron chi connectivity index (χ4n) is 5.83. The zero-order valence-electron chi connectivity index (χ0n) is 15.6. The fraction of sp³-hybridized carbons (Fsp3) is 0.522. The van der Waals surface area contributed by atoms with E-state index in [4.69, 9.17) is 0 Å². The monoisotopic (exact) mass is 348 g/mol. The highest BCUT2D eigenvalue weighted by Crippen LogP contribution is 2.44. The summed E-state index contributed by atoms with van der Waals surface area (Å²) in [4.78, 5) is 15.4. The molecule has 3 heterocycles. The highest BCUT2D eigenvalue weighted by Gasteiger charge is 2.42. The number of hydrogen-bond acceptors (Lipinski definition) is 2. The summed E-state index contributed by atoms with van der Waals surface area (Å²) in [5.74, 6) is 1.13. The first-order valence-electron chi connectivity index (χ1n) is 10.3. The Balaban J connectivity index is 1.46. The van der Waals surface area contributed by atoms with Gasteiger partial charge in [0.05, 0.1) is 0 Å². The van der Waals surface area contributed by atoms with Gasteiger partial charge in [-0.15, -0.1) is 0 Å². The minimum absolute atomic E-state index is 0.206. The van der Waals surface area contributed by atoms with Crippen molar-refractivity contribution in [1.29, 1.82) is 0 Å². The van der Waals surface area contributed by atoms with E-state index in [0.717, 1.165) is 25.9 Å². The first-order chi connectivity index (χ1) is 12.7. The summed E-state index contributed by atoms with van der Waals surface area (Å²) in [6.07, 6.45) is 5.89. The zero-order valence-corrected chi connectivity index (χ0v) is 15.6. The molecule has 3 heteroatoms. The van der Waals surface area contributed by atoms with Crippen LogP contribution in [0.15, 0.2) is 47.3 Å². The second-order valence-corrected chi connectivity index (χ2v) is 8.49. The Labute approximate surface area is 155 Å². The highest BCUT2D eigenvalue weighted by molar-refractivity contribution is 5.33. The summed E-state index contributed by atoms with van der Waals surface area (Å²) in [5.41, 5.74) is 4.56. The van der Waals surface area contributed by atoms with E-state index in [-0.39, 0.29) is 5.56 Å². The second-order valence-electron chi connectivity index (χ2n) is 8.49. The molecule has 3 atom stereocenters. The maximum absolute atomic E-state index is 12.6. The number of aromatic nitrogens is 1. The Morgan fingerprint density at radius 3 is 2.50 bits per heavy atom. The van der Waals surface area contributed by atoms with Crippen molar-refractivity contribution in [3.63, 3.8) is 0 Å². The first-order valence-corrected chi connectivity index (χ1v) is 10.3. The van der Waals surface area contributed by atoms with Gasteiger partial charge in [-0.2, -0.15) is 0 Å². The minimum Gasteiger partial charge on any atom is -0.309 e. The van der Waals surface area contributed by atoms with Crippen LogP contribution in [0.4, 0.5) is 0 Å². The molecule has 1 aromatic heterocycles. The quantitative estimate of drug-likeness (QED) is 0.843. The molecule has 0 radical (unpaired) electrons. The van der Waals surface area contributed by atoms with Gasteiger partial charge in [0.2, 0.25) is 0 Å². The average Bonchev–Trinajstić information content (AvgIpc) is 3.09. The normalized spacial score (nSPS) is 28.0. The van der Waals surface area contributed by atoms with E-state index in [0.29, 0.717) is 23.9 Å². The molecule has 2 aromatic rings. The van der Waals surface area contributed by atoms with Crippen LogP contribution < -0.4 is 5.56 Å². The van der Waals surface area contributed by atoms with E-state index in [9.17, 15) is 4.79 Å². The minimum atomic E-state index is 0.206. The molecule has 26 heavy (non-hydrogen) atoms. The Morgan fingerprint density at radius 2 is 1.77 bits per heavy atom. The molecule has 0 spiro atoms. The molecular weight excluding hydrogens is 320 g/mol. The summed E-state index contributed by atoms with van der Waals surface area (Å²) < 4.78 is 2.16. The number of fused-ring (bicyclic) bond motifs is 5. The second kappa shape index (κ2) is 6.38. The molecule has 3 aliphatic rings. The first kappa shape index (κ1) is 16.3. The molecule has 136 valence electrons. The summed E-state index contributed by atoms with van der Waals surface area (Å²) in [5, 5.41) is 0. The molecule has 1 aliphatic carbocycles. The molecule has 0 saturated carbocycles. The van der Waals surface area contributed by atoms with Crippen molar-refractivity contribution in [1.82, 2.24) is 9.47 Å². The van der Waals surface area contributed by atoms with Crippen LogP contribution >= 0.6 is 0 Å². The van der Waals surface area contributed by atoms with Crippen molar-refractivity contribution in [3.05, 3.63) is 69.6 Å². The number of likely N-dealkylation sites (tertiary alicyclic amines) is 1.